The number of halogens is 1. The molecule has 0 saturated heterocycles. The summed E-state index contributed by atoms with van der Waals surface area (Å²) in [5.74, 6) is 0.909. The first-order valence-electron chi connectivity index (χ1n) is 6.45. The molecular weight excluding hydrogens is 294 g/mol. The number of aryl methyl sites for hydroxylation is 1. The van der Waals surface area contributed by atoms with E-state index in [1.54, 1.807) is 6.07 Å². The van der Waals surface area contributed by atoms with Crippen LogP contribution in [0, 0.1) is 0 Å². The van der Waals surface area contributed by atoms with Crippen LogP contribution in [0.25, 0.3) is 15.5 Å². The molecule has 5 nitrogen and oxygen atoms in total. The molecule has 7 heteroatoms. The highest BCUT2D eigenvalue weighted by Crippen LogP contribution is 2.29. The fourth-order valence-corrected chi connectivity index (χ4v) is 2.91. The summed E-state index contributed by atoms with van der Waals surface area (Å²) >= 11 is 7.44. The van der Waals surface area contributed by atoms with E-state index in [-0.39, 0.29) is 0 Å². The zero-order valence-corrected chi connectivity index (χ0v) is 12.6. The van der Waals surface area contributed by atoms with Crippen LogP contribution >= 0.6 is 22.9 Å². The van der Waals surface area contributed by atoms with E-state index in [1.165, 1.54) is 11.3 Å². The van der Waals surface area contributed by atoms with Crippen LogP contribution in [0.5, 0.6) is 0 Å². The molecule has 0 amide bonds. The van der Waals surface area contributed by atoms with Crippen LogP contribution in [-0.4, -0.2) is 19.8 Å². The van der Waals surface area contributed by atoms with E-state index in [1.807, 2.05) is 16.6 Å². The average Bonchev–Trinajstić information content (AvgIpc) is 3.00. The molecule has 0 atom stereocenters. The normalized spacial score (nSPS) is 11.3. The molecule has 3 aromatic rings. The number of nitrogen functional groups attached to an aromatic ring is 1. The van der Waals surface area contributed by atoms with E-state index in [2.05, 4.69) is 22.2 Å². The summed E-state index contributed by atoms with van der Waals surface area (Å²) in [4.78, 5) is 0.805. The maximum absolute atomic E-state index is 5.94. The van der Waals surface area contributed by atoms with Crippen molar-refractivity contribution in [1.82, 2.24) is 19.8 Å². The highest BCUT2D eigenvalue weighted by Gasteiger charge is 2.13. The zero-order chi connectivity index (χ0) is 14.1. The molecule has 0 unspecified atom stereocenters. The number of nitrogens with two attached hydrogens (primary N) is 1. The molecule has 20 heavy (non-hydrogen) atoms. The molecule has 0 aliphatic rings. The molecule has 0 radical (unpaired) electrons. The SMILES string of the molecule is CCCCc1nnc2sc(-c3ccc(Cl)c(N)c3)nn12. The fraction of sp³-hybridized carbons (Fsp3) is 0.308. The summed E-state index contributed by atoms with van der Waals surface area (Å²) < 4.78 is 1.82. The second-order valence-corrected chi connectivity index (χ2v) is 5.92. The minimum absolute atomic E-state index is 0.556. The quantitative estimate of drug-likeness (QED) is 0.750. The van der Waals surface area contributed by atoms with E-state index in [0.29, 0.717) is 10.7 Å². The average molecular weight is 308 g/mol. The largest absolute Gasteiger partial charge is 0.398 e. The topological polar surface area (TPSA) is 69.1 Å². The summed E-state index contributed by atoms with van der Waals surface area (Å²) in [6, 6.07) is 5.53. The van der Waals surface area contributed by atoms with Gasteiger partial charge in [-0.3, -0.25) is 0 Å². The number of rotatable bonds is 4. The molecule has 0 aliphatic heterocycles. The Bertz CT molecular complexity index is 748. The maximum Gasteiger partial charge on any atom is 0.234 e. The van der Waals surface area contributed by atoms with Crippen molar-refractivity contribution >= 4 is 33.6 Å². The number of hydrogen-bond donors (Lipinski definition) is 1. The number of unbranched alkanes of at least 4 members (excludes halogenated alkanes) is 1. The van der Waals surface area contributed by atoms with Gasteiger partial charge < -0.3 is 5.73 Å². The third-order valence-corrected chi connectivity index (χ3v) is 4.34. The number of benzene rings is 1. The minimum atomic E-state index is 0.556. The van der Waals surface area contributed by atoms with Gasteiger partial charge in [-0.2, -0.15) is 9.61 Å². The van der Waals surface area contributed by atoms with Gasteiger partial charge in [0.2, 0.25) is 4.96 Å². The Hall–Kier alpha value is -1.66. The van der Waals surface area contributed by atoms with E-state index >= 15 is 0 Å². The first-order chi connectivity index (χ1) is 9.69. The lowest BCUT2D eigenvalue weighted by molar-refractivity contribution is 0.723. The van der Waals surface area contributed by atoms with E-state index in [0.717, 1.165) is 40.6 Å². The van der Waals surface area contributed by atoms with Crippen molar-refractivity contribution in [2.24, 2.45) is 0 Å². The van der Waals surface area contributed by atoms with Crippen molar-refractivity contribution in [3.05, 3.63) is 29.0 Å². The van der Waals surface area contributed by atoms with Crippen LogP contribution < -0.4 is 5.73 Å². The second kappa shape index (κ2) is 5.38. The lowest BCUT2D eigenvalue weighted by Crippen LogP contribution is -1.96. The van der Waals surface area contributed by atoms with Gasteiger partial charge in [0, 0.05) is 12.0 Å². The van der Waals surface area contributed by atoms with Crippen molar-refractivity contribution in [2.75, 3.05) is 5.73 Å². The third kappa shape index (κ3) is 2.36. The molecule has 0 spiro atoms. The lowest BCUT2D eigenvalue weighted by atomic mass is 10.2. The molecule has 0 saturated carbocycles. The lowest BCUT2D eigenvalue weighted by Gasteiger charge is -2.00. The van der Waals surface area contributed by atoms with Crippen LogP contribution in [0.3, 0.4) is 0 Å². The molecule has 2 heterocycles. The molecule has 0 fully saturated rings. The summed E-state index contributed by atoms with van der Waals surface area (Å²) in [6.07, 6.45) is 3.10. The number of fused-ring (bicyclic) bond motifs is 1. The van der Waals surface area contributed by atoms with Crippen LogP contribution in [-0.2, 0) is 6.42 Å². The molecule has 2 N–H and O–H groups in total. The number of hydrogen-bond acceptors (Lipinski definition) is 5. The Balaban J connectivity index is 2.00. The van der Waals surface area contributed by atoms with Gasteiger partial charge in [-0.15, -0.1) is 10.2 Å². The van der Waals surface area contributed by atoms with Gasteiger partial charge in [-0.25, -0.2) is 0 Å². The zero-order valence-electron chi connectivity index (χ0n) is 11.0. The van der Waals surface area contributed by atoms with Gasteiger partial charge in [0.25, 0.3) is 0 Å². The first kappa shape index (κ1) is 13.3. The summed E-state index contributed by atoms with van der Waals surface area (Å²) in [7, 11) is 0. The minimum Gasteiger partial charge on any atom is -0.398 e. The van der Waals surface area contributed by atoms with Crippen LogP contribution in [0.1, 0.15) is 25.6 Å². The predicted octanol–water partition coefficient (Wildman–Crippen LogP) is 3.43. The molecular formula is C13H14ClN5S. The smallest absolute Gasteiger partial charge is 0.234 e. The van der Waals surface area contributed by atoms with Crippen molar-refractivity contribution in [2.45, 2.75) is 26.2 Å². The standard InChI is InChI=1S/C13H14ClN5S/c1-2-3-4-11-16-17-13-19(11)18-12(20-13)8-5-6-9(14)10(15)7-8/h5-7H,2-4,15H2,1H3. The highest BCUT2D eigenvalue weighted by atomic mass is 35.5. The molecule has 2 aromatic heterocycles. The van der Waals surface area contributed by atoms with Crippen molar-refractivity contribution in [1.29, 1.82) is 0 Å². The van der Waals surface area contributed by atoms with Gasteiger partial charge in [0.05, 0.1) is 10.7 Å². The first-order valence-corrected chi connectivity index (χ1v) is 7.65. The van der Waals surface area contributed by atoms with Crippen LogP contribution in [0.4, 0.5) is 5.69 Å². The molecule has 1 aromatic carbocycles. The molecule has 0 bridgehead atoms. The van der Waals surface area contributed by atoms with Gasteiger partial charge in [-0.05, 0) is 18.6 Å². The summed E-state index contributed by atoms with van der Waals surface area (Å²) in [6.45, 7) is 2.15. The Labute approximate surface area is 125 Å². The van der Waals surface area contributed by atoms with E-state index in [9.17, 15) is 0 Å². The van der Waals surface area contributed by atoms with E-state index in [4.69, 9.17) is 17.3 Å². The molecule has 3 rings (SSSR count). The number of aromatic nitrogens is 4. The Morgan fingerprint density at radius 3 is 2.95 bits per heavy atom. The van der Waals surface area contributed by atoms with Crippen LogP contribution in [0.2, 0.25) is 5.02 Å². The second-order valence-electron chi connectivity index (χ2n) is 4.56. The third-order valence-electron chi connectivity index (χ3n) is 3.05. The van der Waals surface area contributed by atoms with Crippen molar-refractivity contribution in [3.63, 3.8) is 0 Å². The van der Waals surface area contributed by atoms with Crippen molar-refractivity contribution < 1.29 is 0 Å². The molecule has 0 aliphatic carbocycles. The summed E-state index contributed by atoms with van der Waals surface area (Å²) in [5, 5.41) is 14.3. The Morgan fingerprint density at radius 2 is 2.20 bits per heavy atom. The Morgan fingerprint density at radius 1 is 1.35 bits per heavy atom. The van der Waals surface area contributed by atoms with E-state index < -0.39 is 0 Å². The number of anilines is 1. The van der Waals surface area contributed by atoms with Gasteiger partial charge in [0.1, 0.15) is 5.01 Å². The summed E-state index contributed by atoms with van der Waals surface area (Å²) in [5.41, 5.74) is 7.34. The predicted molar refractivity (Wildman–Crippen MR) is 82.1 cm³/mol. The highest BCUT2D eigenvalue weighted by molar-refractivity contribution is 7.19. The van der Waals surface area contributed by atoms with Gasteiger partial charge >= 0.3 is 0 Å². The maximum atomic E-state index is 5.94. The Kier molecular flexibility index (Phi) is 3.58. The van der Waals surface area contributed by atoms with Gasteiger partial charge in [-0.1, -0.05) is 42.3 Å². The molecule has 104 valence electrons. The fourth-order valence-electron chi connectivity index (χ4n) is 1.94. The monoisotopic (exact) mass is 307 g/mol. The number of nitrogens with zero attached hydrogens (tertiary/aromatic N) is 4. The van der Waals surface area contributed by atoms with Gasteiger partial charge in [0.15, 0.2) is 5.82 Å². The van der Waals surface area contributed by atoms with Crippen LogP contribution in [0.15, 0.2) is 18.2 Å². The van der Waals surface area contributed by atoms with Crippen molar-refractivity contribution in [3.8, 4) is 10.6 Å².